The number of fused-ring (bicyclic) bond motifs is 1. The third-order valence-electron chi connectivity index (χ3n) is 3.00. The lowest BCUT2D eigenvalue weighted by Gasteiger charge is -2.05. The highest BCUT2D eigenvalue weighted by Gasteiger charge is 2.52. The average Bonchev–Trinajstić information content (AvgIpc) is 2.46. The van der Waals surface area contributed by atoms with Crippen LogP contribution in [0.2, 0.25) is 0 Å². The molecule has 1 aliphatic carbocycles. The topological polar surface area (TPSA) is 24.1 Å². The zero-order valence-electron chi connectivity index (χ0n) is 7.27. The van der Waals surface area contributed by atoms with Gasteiger partial charge in [0.15, 0.2) is 0 Å². The summed E-state index contributed by atoms with van der Waals surface area (Å²) in [7, 11) is 0. The zero-order valence-corrected chi connectivity index (χ0v) is 7.27. The minimum Gasteiger partial charge on any atom is -0.316 e. The van der Waals surface area contributed by atoms with Gasteiger partial charge >= 0.3 is 0 Å². The molecule has 0 aromatic rings. The van der Waals surface area contributed by atoms with E-state index in [9.17, 15) is 0 Å². The molecule has 2 aliphatic rings. The van der Waals surface area contributed by atoms with Gasteiger partial charge in [0.25, 0.3) is 0 Å². The van der Waals surface area contributed by atoms with E-state index >= 15 is 0 Å². The first kappa shape index (κ1) is 7.56. The summed E-state index contributed by atoms with van der Waals surface area (Å²) in [6.07, 6.45) is 2.65. The number of hydrogen-bond donors (Lipinski definition) is 2. The zero-order chi connectivity index (χ0) is 7.68. The molecule has 1 heterocycles. The molecule has 1 saturated carbocycles. The Kier molecular flexibility index (Phi) is 2.14. The van der Waals surface area contributed by atoms with Crippen molar-refractivity contribution in [1.29, 1.82) is 0 Å². The molecule has 1 aliphatic heterocycles. The predicted octanol–water partition coefficient (Wildman–Crippen LogP) is 0.594. The first-order valence-electron chi connectivity index (χ1n) is 4.87. The molecule has 3 atom stereocenters. The van der Waals surface area contributed by atoms with Crippen LogP contribution in [0.25, 0.3) is 0 Å². The third-order valence-corrected chi connectivity index (χ3v) is 3.00. The van der Waals surface area contributed by atoms with E-state index < -0.39 is 0 Å². The van der Waals surface area contributed by atoms with E-state index in [1.807, 2.05) is 0 Å². The van der Waals surface area contributed by atoms with Crippen molar-refractivity contribution in [1.82, 2.24) is 10.6 Å². The van der Waals surface area contributed by atoms with Crippen LogP contribution < -0.4 is 10.6 Å². The van der Waals surface area contributed by atoms with Gasteiger partial charge in [0.05, 0.1) is 0 Å². The van der Waals surface area contributed by atoms with Crippen LogP contribution in [0.15, 0.2) is 0 Å². The maximum atomic E-state index is 3.62. The standard InChI is InChI=1S/C9H18N2/c1-2-3-4-11-9-7-5-10-6-8(7)9/h7-11H,2-6H2,1H3/t7-,8+,9+. The molecule has 2 N–H and O–H groups in total. The second-order valence-corrected chi connectivity index (χ2v) is 3.82. The quantitative estimate of drug-likeness (QED) is 0.579. The Bertz CT molecular complexity index is 126. The van der Waals surface area contributed by atoms with E-state index in [0.29, 0.717) is 0 Å². The molecule has 2 nitrogen and oxygen atoms in total. The molecule has 0 radical (unpaired) electrons. The fourth-order valence-corrected chi connectivity index (χ4v) is 2.17. The molecule has 2 rings (SSSR count). The van der Waals surface area contributed by atoms with Gasteiger partial charge in [-0.05, 0) is 37.9 Å². The predicted molar refractivity (Wildman–Crippen MR) is 46.5 cm³/mol. The van der Waals surface area contributed by atoms with Crippen LogP contribution in [0.1, 0.15) is 19.8 Å². The number of nitrogens with one attached hydrogen (secondary N) is 2. The first-order valence-corrected chi connectivity index (χ1v) is 4.87. The van der Waals surface area contributed by atoms with Crippen LogP contribution in [0, 0.1) is 11.8 Å². The molecular formula is C9H18N2. The normalized spacial score (nSPS) is 40.6. The van der Waals surface area contributed by atoms with Crippen LogP contribution in [0.3, 0.4) is 0 Å². The first-order chi connectivity index (χ1) is 5.43. The summed E-state index contributed by atoms with van der Waals surface area (Å²) >= 11 is 0. The lowest BCUT2D eigenvalue weighted by atomic mass is 10.3. The summed E-state index contributed by atoms with van der Waals surface area (Å²) in [6.45, 7) is 5.99. The molecule has 11 heavy (non-hydrogen) atoms. The van der Waals surface area contributed by atoms with E-state index in [4.69, 9.17) is 0 Å². The Labute approximate surface area is 68.7 Å². The van der Waals surface area contributed by atoms with Crippen LogP contribution >= 0.6 is 0 Å². The SMILES string of the molecule is CCCCN[C@H]1[C@@H]2CNC[C@@H]21. The van der Waals surface area contributed by atoms with Crippen LogP contribution in [0.4, 0.5) is 0 Å². The van der Waals surface area contributed by atoms with Gasteiger partial charge in [-0.15, -0.1) is 0 Å². The molecule has 0 unspecified atom stereocenters. The van der Waals surface area contributed by atoms with Gasteiger partial charge in [0.2, 0.25) is 0 Å². The van der Waals surface area contributed by atoms with Crippen LogP contribution in [0.5, 0.6) is 0 Å². The van der Waals surface area contributed by atoms with Crippen LogP contribution in [-0.2, 0) is 0 Å². The van der Waals surface area contributed by atoms with Crippen molar-refractivity contribution in [3.05, 3.63) is 0 Å². The molecular weight excluding hydrogens is 136 g/mol. The van der Waals surface area contributed by atoms with Gasteiger partial charge in [-0.3, -0.25) is 0 Å². The Morgan fingerprint density at radius 2 is 2.09 bits per heavy atom. The van der Waals surface area contributed by atoms with Gasteiger partial charge in [0, 0.05) is 6.04 Å². The second kappa shape index (κ2) is 3.11. The largest absolute Gasteiger partial charge is 0.316 e. The Balaban J connectivity index is 1.60. The third kappa shape index (κ3) is 1.42. The van der Waals surface area contributed by atoms with Gasteiger partial charge in [-0.1, -0.05) is 13.3 Å². The summed E-state index contributed by atoms with van der Waals surface area (Å²) in [6, 6.07) is 0.878. The van der Waals surface area contributed by atoms with Crippen molar-refractivity contribution in [2.24, 2.45) is 11.8 Å². The average molecular weight is 154 g/mol. The van der Waals surface area contributed by atoms with E-state index in [-0.39, 0.29) is 0 Å². The fraction of sp³-hybridized carbons (Fsp3) is 1.00. The van der Waals surface area contributed by atoms with E-state index in [1.54, 1.807) is 0 Å². The van der Waals surface area contributed by atoms with Gasteiger partial charge in [-0.25, -0.2) is 0 Å². The van der Waals surface area contributed by atoms with Crippen molar-refractivity contribution in [2.75, 3.05) is 19.6 Å². The number of unbranched alkanes of at least 4 members (excludes halogenated alkanes) is 1. The van der Waals surface area contributed by atoms with Gasteiger partial charge in [-0.2, -0.15) is 0 Å². The highest BCUT2D eigenvalue weighted by Crippen LogP contribution is 2.41. The van der Waals surface area contributed by atoms with Crippen molar-refractivity contribution in [2.45, 2.75) is 25.8 Å². The lowest BCUT2D eigenvalue weighted by molar-refractivity contribution is 0.552. The highest BCUT2D eigenvalue weighted by molar-refractivity contribution is 5.08. The Morgan fingerprint density at radius 3 is 2.73 bits per heavy atom. The minimum atomic E-state index is 0.878. The fourth-order valence-electron chi connectivity index (χ4n) is 2.17. The Hall–Kier alpha value is -0.0800. The molecule has 0 spiro atoms. The number of piperidine rings is 1. The maximum absolute atomic E-state index is 3.62. The van der Waals surface area contributed by atoms with Crippen molar-refractivity contribution >= 4 is 0 Å². The lowest BCUT2D eigenvalue weighted by Crippen LogP contribution is -2.28. The smallest absolute Gasteiger partial charge is 0.0155 e. The second-order valence-electron chi connectivity index (χ2n) is 3.82. The van der Waals surface area contributed by atoms with Crippen LogP contribution in [-0.4, -0.2) is 25.7 Å². The number of hydrogen-bond acceptors (Lipinski definition) is 2. The maximum Gasteiger partial charge on any atom is 0.0155 e. The summed E-state index contributed by atoms with van der Waals surface area (Å²) in [5, 5.41) is 7.02. The van der Waals surface area contributed by atoms with Gasteiger partial charge < -0.3 is 10.6 Å². The van der Waals surface area contributed by atoms with E-state index in [2.05, 4.69) is 17.6 Å². The van der Waals surface area contributed by atoms with Crippen molar-refractivity contribution < 1.29 is 0 Å². The van der Waals surface area contributed by atoms with Crippen molar-refractivity contribution in [3.8, 4) is 0 Å². The molecule has 2 fully saturated rings. The monoisotopic (exact) mass is 154 g/mol. The molecule has 0 aromatic carbocycles. The highest BCUT2D eigenvalue weighted by atomic mass is 15.1. The van der Waals surface area contributed by atoms with E-state index in [0.717, 1.165) is 17.9 Å². The molecule has 0 amide bonds. The van der Waals surface area contributed by atoms with E-state index in [1.165, 1.54) is 32.5 Å². The summed E-state index contributed by atoms with van der Waals surface area (Å²) in [5.41, 5.74) is 0. The minimum absolute atomic E-state index is 0.878. The molecule has 0 aromatic heterocycles. The summed E-state index contributed by atoms with van der Waals surface area (Å²) in [5.74, 6) is 1.96. The molecule has 2 heteroatoms. The molecule has 64 valence electrons. The summed E-state index contributed by atoms with van der Waals surface area (Å²) < 4.78 is 0. The molecule has 1 saturated heterocycles. The molecule has 0 bridgehead atoms. The van der Waals surface area contributed by atoms with Crippen molar-refractivity contribution in [3.63, 3.8) is 0 Å². The Morgan fingerprint density at radius 1 is 1.36 bits per heavy atom. The number of rotatable bonds is 4. The van der Waals surface area contributed by atoms with Gasteiger partial charge in [0.1, 0.15) is 0 Å². The summed E-state index contributed by atoms with van der Waals surface area (Å²) in [4.78, 5) is 0.